The van der Waals surface area contributed by atoms with Crippen LogP contribution in [0, 0.1) is 5.41 Å². The second kappa shape index (κ2) is 5.99. The zero-order chi connectivity index (χ0) is 12.2. The van der Waals surface area contributed by atoms with E-state index < -0.39 is 0 Å². The van der Waals surface area contributed by atoms with Gasteiger partial charge in [-0.15, -0.1) is 0 Å². The van der Waals surface area contributed by atoms with Crippen LogP contribution in [0.5, 0.6) is 0 Å². The molecule has 3 heteroatoms. The highest BCUT2D eigenvalue weighted by Gasteiger charge is 2.25. The molecule has 0 amide bonds. The second-order valence-corrected chi connectivity index (χ2v) is 5.96. The van der Waals surface area contributed by atoms with Crippen LogP contribution in [0.1, 0.15) is 40.5 Å². The first kappa shape index (κ1) is 13.9. The Hall–Kier alpha value is -0.120. The molecule has 0 saturated carbocycles. The van der Waals surface area contributed by atoms with Gasteiger partial charge in [0.05, 0.1) is 6.10 Å². The van der Waals surface area contributed by atoms with Gasteiger partial charge in [0, 0.05) is 25.7 Å². The molecule has 1 aliphatic rings. The van der Waals surface area contributed by atoms with Crippen molar-refractivity contribution >= 4 is 0 Å². The largest absolute Gasteiger partial charge is 0.377 e. The minimum Gasteiger partial charge on any atom is -0.377 e. The Morgan fingerprint density at radius 2 is 2.12 bits per heavy atom. The van der Waals surface area contributed by atoms with Gasteiger partial charge in [0.1, 0.15) is 0 Å². The molecule has 16 heavy (non-hydrogen) atoms. The van der Waals surface area contributed by atoms with E-state index >= 15 is 0 Å². The second-order valence-electron chi connectivity index (χ2n) is 5.96. The van der Waals surface area contributed by atoms with Crippen LogP contribution in [-0.2, 0) is 4.74 Å². The Bertz CT molecular complexity index is 195. The lowest BCUT2D eigenvalue weighted by Gasteiger charge is -2.33. The summed E-state index contributed by atoms with van der Waals surface area (Å²) in [5.74, 6) is 0. The van der Waals surface area contributed by atoms with Gasteiger partial charge in [-0.2, -0.15) is 0 Å². The molecule has 3 nitrogen and oxygen atoms in total. The fraction of sp³-hybridized carbons (Fsp3) is 1.00. The normalized spacial score (nSPS) is 24.0. The van der Waals surface area contributed by atoms with E-state index in [1.165, 1.54) is 12.8 Å². The minimum absolute atomic E-state index is 0.184. The molecular formula is C13H28N2O. The fourth-order valence-corrected chi connectivity index (χ4v) is 1.96. The average molecular weight is 228 g/mol. The van der Waals surface area contributed by atoms with Gasteiger partial charge < -0.3 is 10.5 Å². The molecule has 0 radical (unpaired) electrons. The third-order valence-electron chi connectivity index (χ3n) is 3.50. The number of rotatable bonds is 5. The van der Waals surface area contributed by atoms with Crippen molar-refractivity contribution < 1.29 is 4.74 Å². The van der Waals surface area contributed by atoms with Crippen molar-refractivity contribution in [3.05, 3.63) is 0 Å². The van der Waals surface area contributed by atoms with Crippen molar-refractivity contribution in [3.63, 3.8) is 0 Å². The van der Waals surface area contributed by atoms with E-state index in [9.17, 15) is 0 Å². The van der Waals surface area contributed by atoms with Crippen LogP contribution < -0.4 is 5.73 Å². The zero-order valence-corrected chi connectivity index (χ0v) is 11.3. The van der Waals surface area contributed by atoms with Crippen molar-refractivity contribution in [2.45, 2.75) is 52.7 Å². The van der Waals surface area contributed by atoms with Gasteiger partial charge in [0.25, 0.3) is 0 Å². The maximum atomic E-state index is 6.22. The third-order valence-corrected chi connectivity index (χ3v) is 3.50. The van der Waals surface area contributed by atoms with Gasteiger partial charge in [-0.1, -0.05) is 27.7 Å². The summed E-state index contributed by atoms with van der Waals surface area (Å²) in [4.78, 5) is 2.42. The Labute approximate surface area is 100 Å². The van der Waals surface area contributed by atoms with Crippen LogP contribution in [0.3, 0.4) is 0 Å². The lowest BCUT2D eigenvalue weighted by atomic mass is 9.87. The summed E-state index contributed by atoms with van der Waals surface area (Å²) in [5.41, 5.74) is 6.40. The molecule has 0 aromatic heterocycles. The van der Waals surface area contributed by atoms with E-state index in [1.54, 1.807) is 0 Å². The maximum Gasteiger partial charge on any atom is 0.0702 e. The molecule has 2 unspecified atom stereocenters. The number of nitrogens with zero attached hydrogens (tertiary/aromatic N) is 1. The van der Waals surface area contributed by atoms with Crippen LogP contribution in [-0.4, -0.2) is 43.3 Å². The summed E-state index contributed by atoms with van der Waals surface area (Å²) in [6.45, 7) is 12.8. The summed E-state index contributed by atoms with van der Waals surface area (Å²) in [6.07, 6.45) is 2.86. The molecule has 0 aromatic rings. The standard InChI is InChI=1S/C13H28N2O/c1-5-15(9-11-7-6-8-16-11)10-12(14)13(2,3)4/h11-12H,5-10,14H2,1-4H3. The summed E-state index contributed by atoms with van der Waals surface area (Å²) >= 11 is 0. The van der Waals surface area contributed by atoms with Gasteiger partial charge in [-0.05, 0) is 24.8 Å². The Morgan fingerprint density at radius 1 is 1.44 bits per heavy atom. The number of hydrogen-bond acceptors (Lipinski definition) is 3. The molecule has 96 valence electrons. The lowest BCUT2D eigenvalue weighted by molar-refractivity contribution is 0.0679. The van der Waals surface area contributed by atoms with Crippen molar-refractivity contribution in [2.75, 3.05) is 26.2 Å². The van der Waals surface area contributed by atoms with Crippen molar-refractivity contribution in [2.24, 2.45) is 11.1 Å². The smallest absolute Gasteiger partial charge is 0.0702 e. The number of nitrogens with two attached hydrogens (primary N) is 1. The highest BCUT2D eigenvalue weighted by Crippen LogP contribution is 2.19. The monoisotopic (exact) mass is 228 g/mol. The fourth-order valence-electron chi connectivity index (χ4n) is 1.96. The van der Waals surface area contributed by atoms with Gasteiger partial charge in [0.15, 0.2) is 0 Å². The number of hydrogen-bond donors (Lipinski definition) is 1. The van der Waals surface area contributed by atoms with E-state index in [4.69, 9.17) is 10.5 Å². The Balaban J connectivity index is 2.36. The van der Waals surface area contributed by atoms with Crippen molar-refractivity contribution in [1.29, 1.82) is 0 Å². The van der Waals surface area contributed by atoms with Crippen molar-refractivity contribution in [3.8, 4) is 0 Å². The first-order valence-corrected chi connectivity index (χ1v) is 6.53. The molecule has 0 aromatic carbocycles. The molecular weight excluding hydrogens is 200 g/mol. The van der Waals surface area contributed by atoms with E-state index in [1.807, 2.05) is 0 Å². The molecule has 1 saturated heterocycles. The highest BCUT2D eigenvalue weighted by molar-refractivity contribution is 4.81. The molecule has 0 bridgehead atoms. The molecule has 1 heterocycles. The van der Waals surface area contributed by atoms with Crippen LogP contribution in [0.4, 0.5) is 0 Å². The molecule has 2 atom stereocenters. The maximum absolute atomic E-state index is 6.22. The summed E-state index contributed by atoms with van der Waals surface area (Å²) in [7, 11) is 0. The molecule has 1 rings (SSSR count). The summed E-state index contributed by atoms with van der Waals surface area (Å²) < 4.78 is 5.67. The first-order chi connectivity index (χ1) is 7.43. The van der Waals surface area contributed by atoms with Crippen molar-refractivity contribution in [1.82, 2.24) is 4.90 Å². The topological polar surface area (TPSA) is 38.5 Å². The molecule has 0 spiro atoms. The van der Waals surface area contributed by atoms with Gasteiger partial charge >= 0.3 is 0 Å². The predicted molar refractivity (Wildman–Crippen MR) is 68.5 cm³/mol. The SMILES string of the molecule is CCN(CC1CCCO1)CC(N)C(C)(C)C. The van der Waals surface area contributed by atoms with Gasteiger partial charge in [-0.3, -0.25) is 4.90 Å². The van der Waals surface area contributed by atoms with E-state index in [0.29, 0.717) is 6.10 Å². The third kappa shape index (κ3) is 4.40. The van der Waals surface area contributed by atoms with Gasteiger partial charge in [-0.25, -0.2) is 0 Å². The van der Waals surface area contributed by atoms with E-state index in [-0.39, 0.29) is 11.5 Å². The number of likely N-dealkylation sites (N-methyl/N-ethyl adjacent to an activating group) is 1. The average Bonchev–Trinajstić information content (AvgIpc) is 2.67. The number of ether oxygens (including phenoxy) is 1. The van der Waals surface area contributed by atoms with Gasteiger partial charge in [0.2, 0.25) is 0 Å². The van der Waals surface area contributed by atoms with Crippen LogP contribution in [0.2, 0.25) is 0 Å². The highest BCUT2D eigenvalue weighted by atomic mass is 16.5. The molecule has 0 aliphatic carbocycles. The van der Waals surface area contributed by atoms with E-state index in [0.717, 1.165) is 26.2 Å². The molecule has 2 N–H and O–H groups in total. The van der Waals surface area contributed by atoms with E-state index in [2.05, 4.69) is 32.6 Å². The zero-order valence-electron chi connectivity index (χ0n) is 11.3. The lowest BCUT2D eigenvalue weighted by Crippen LogP contribution is -2.47. The predicted octanol–water partition coefficient (Wildman–Crippen LogP) is 1.86. The summed E-state index contributed by atoms with van der Waals surface area (Å²) in [6, 6.07) is 0.230. The minimum atomic E-state index is 0.184. The Kier molecular flexibility index (Phi) is 5.22. The molecule has 1 aliphatic heterocycles. The first-order valence-electron chi connectivity index (χ1n) is 6.53. The quantitative estimate of drug-likeness (QED) is 0.780. The van der Waals surface area contributed by atoms with Crippen LogP contribution >= 0.6 is 0 Å². The molecule has 1 fully saturated rings. The van der Waals surface area contributed by atoms with Crippen LogP contribution in [0.25, 0.3) is 0 Å². The van der Waals surface area contributed by atoms with Crippen LogP contribution in [0.15, 0.2) is 0 Å². The Morgan fingerprint density at radius 3 is 2.56 bits per heavy atom. The summed E-state index contributed by atoms with van der Waals surface area (Å²) in [5, 5.41) is 0.